The van der Waals surface area contributed by atoms with Crippen LogP contribution in [-0.4, -0.2) is 10.9 Å². The fourth-order valence-corrected chi connectivity index (χ4v) is 2.17. The molecule has 2 N–H and O–H groups in total. The van der Waals surface area contributed by atoms with Crippen molar-refractivity contribution in [2.75, 3.05) is 10.6 Å². The first-order chi connectivity index (χ1) is 12.5. The normalized spacial score (nSPS) is 10.0. The Morgan fingerprint density at radius 2 is 1.62 bits per heavy atom. The molecule has 128 valence electrons. The van der Waals surface area contributed by atoms with Crippen LogP contribution in [0, 0.1) is 23.0 Å². The molecule has 0 aliphatic heterocycles. The molecule has 5 nitrogen and oxygen atoms in total. The van der Waals surface area contributed by atoms with Gasteiger partial charge in [0.25, 0.3) is 5.91 Å². The molecule has 0 aliphatic carbocycles. The van der Waals surface area contributed by atoms with Crippen LogP contribution in [0.2, 0.25) is 0 Å². The number of nitrogens with one attached hydrogen (secondary N) is 2. The first kappa shape index (κ1) is 17.0. The molecule has 3 rings (SSSR count). The minimum Gasteiger partial charge on any atom is -0.354 e. The molecule has 7 heteroatoms. The lowest BCUT2D eigenvalue weighted by molar-refractivity contribution is 0.102. The Labute approximate surface area is 147 Å². The Balaban J connectivity index is 1.67. The Kier molecular flexibility index (Phi) is 4.85. The van der Waals surface area contributed by atoms with Crippen LogP contribution < -0.4 is 10.6 Å². The standard InChI is InChI=1S/C19H12F2N4O/c20-16-7-5-14(9-17(16)21)24-15-6-8-18(23-11-15)19(26)25-13-3-1-12(10-22)2-4-13/h1-9,11,24H,(H,25,26). The van der Waals surface area contributed by atoms with Gasteiger partial charge in [0, 0.05) is 17.4 Å². The van der Waals surface area contributed by atoms with Gasteiger partial charge in [-0.2, -0.15) is 5.26 Å². The van der Waals surface area contributed by atoms with Crippen LogP contribution in [0.1, 0.15) is 16.1 Å². The number of halogens is 2. The van der Waals surface area contributed by atoms with E-state index < -0.39 is 17.5 Å². The number of benzene rings is 2. The third-order valence-electron chi connectivity index (χ3n) is 3.48. The van der Waals surface area contributed by atoms with Gasteiger partial charge in [-0.15, -0.1) is 0 Å². The summed E-state index contributed by atoms with van der Waals surface area (Å²) in [5.41, 5.74) is 2.10. The Morgan fingerprint density at radius 1 is 0.923 bits per heavy atom. The Hall–Kier alpha value is -3.79. The number of anilines is 3. The molecule has 1 amide bonds. The van der Waals surface area contributed by atoms with Crippen molar-refractivity contribution in [2.45, 2.75) is 0 Å². The van der Waals surface area contributed by atoms with E-state index >= 15 is 0 Å². The molecule has 0 bridgehead atoms. The molecule has 0 saturated heterocycles. The summed E-state index contributed by atoms with van der Waals surface area (Å²) in [6.45, 7) is 0. The van der Waals surface area contributed by atoms with Crippen molar-refractivity contribution >= 4 is 23.0 Å². The number of hydrogen-bond acceptors (Lipinski definition) is 4. The number of carbonyl (C=O) groups is 1. The van der Waals surface area contributed by atoms with Crippen LogP contribution in [0.5, 0.6) is 0 Å². The molecule has 0 aliphatic rings. The van der Waals surface area contributed by atoms with Crippen LogP contribution in [0.15, 0.2) is 60.8 Å². The van der Waals surface area contributed by atoms with Gasteiger partial charge in [0.2, 0.25) is 0 Å². The molecule has 0 radical (unpaired) electrons. The quantitative estimate of drug-likeness (QED) is 0.738. The molecule has 0 unspecified atom stereocenters. The van der Waals surface area contributed by atoms with E-state index in [9.17, 15) is 13.6 Å². The van der Waals surface area contributed by atoms with Gasteiger partial charge in [-0.3, -0.25) is 4.79 Å². The zero-order chi connectivity index (χ0) is 18.5. The van der Waals surface area contributed by atoms with Crippen molar-refractivity contribution in [3.05, 3.63) is 83.7 Å². The predicted molar refractivity (Wildman–Crippen MR) is 93.0 cm³/mol. The molecule has 1 aromatic heterocycles. The summed E-state index contributed by atoms with van der Waals surface area (Å²) in [6, 6.07) is 15.0. The highest BCUT2D eigenvalue weighted by Crippen LogP contribution is 2.19. The number of nitrogens with zero attached hydrogens (tertiary/aromatic N) is 2. The van der Waals surface area contributed by atoms with E-state index in [4.69, 9.17) is 5.26 Å². The second kappa shape index (κ2) is 7.40. The van der Waals surface area contributed by atoms with Crippen molar-refractivity contribution in [1.82, 2.24) is 4.98 Å². The Bertz CT molecular complexity index is 980. The van der Waals surface area contributed by atoms with Crippen molar-refractivity contribution in [2.24, 2.45) is 0 Å². The van der Waals surface area contributed by atoms with Crippen LogP contribution in [0.4, 0.5) is 25.8 Å². The van der Waals surface area contributed by atoms with Crippen molar-refractivity contribution < 1.29 is 13.6 Å². The molecule has 2 aromatic carbocycles. The monoisotopic (exact) mass is 350 g/mol. The molecule has 1 heterocycles. The summed E-state index contributed by atoms with van der Waals surface area (Å²) in [4.78, 5) is 16.2. The van der Waals surface area contributed by atoms with Gasteiger partial charge in [0.15, 0.2) is 11.6 Å². The maximum Gasteiger partial charge on any atom is 0.274 e. The zero-order valence-electron chi connectivity index (χ0n) is 13.3. The highest BCUT2D eigenvalue weighted by Gasteiger charge is 2.08. The number of aromatic nitrogens is 1. The van der Waals surface area contributed by atoms with Gasteiger partial charge in [0.1, 0.15) is 5.69 Å². The minimum atomic E-state index is -0.957. The summed E-state index contributed by atoms with van der Waals surface area (Å²) in [6.07, 6.45) is 1.41. The van der Waals surface area contributed by atoms with Gasteiger partial charge < -0.3 is 10.6 Å². The minimum absolute atomic E-state index is 0.185. The third kappa shape index (κ3) is 3.99. The zero-order valence-corrected chi connectivity index (χ0v) is 13.3. The number of carbonyl (C=O) groups excluding carboxylic acids is 1. The maximum atomic E-state index is 13.2. The fraction of sp³-hybridized carbons (Fsp3) is 0. The van der Waals surface area contributed by atoms with Crippen LogP contribution in [-0.2, 0) is 0 Å². The summed E-state index contributed by atoms with van der Waals surface area (Å²) in [5, 5.41) is 14.3. The smallest absolute Gasteiger partial charge is 0.274 e. The average molecular weight is 350 g/mol. The van der Waals surface area contributed by atoms with Crippen molar-refractivity contribution in [1.29, 1.82) is 5.26 Å². The van der Waals surface area contributed by atoms with E-state index in [1.165, 1.54) is 18.3 Å². The van der Waals surface area contributed by atoms with E-state index in [2.05, 4.69) is 15.6 Å². The summed E-state index contributed by atoms with van der Waals surface area (Å²) in [7, 11) is 0. The van der Waals surface area contributed by atoms with E-state index in [-0.39, 0.29) is 5.69 Å². The number of nitriles is 1. The molecule has 26 heavy (non-hydrogen) atoms. The fourth-order valence-electron chi connectivity index (χ4n) is 2.17. The summed E-state index contributed by atoms with van der Waals surface area (Å²) in [5.74, 6) is -2.29. The molecular weight excluding hydrogens is 338 g/mol. The van der Waals surface area contributed by atoms with Gasteiger partial charge in [-0.1, -0.05) is 0 Å². The van der Waals surface area contributed by atoms with Gasteiger partial charge in [-0.25, -0.2) is 13.8 Å². The predicted octanol–water partition coefficient (Wildman–Crippen LogP) is 4.23. The number of pyridine rings is 1. The lowest BCUT2D eigenvalue weighted by Crippen LogP contribution is -2.13. The van der Waals surface area contributed by atoms with Crippen molar-refractivity contribution in [3.63, 3.8) is 0 Å². The van der Waals surface area contributed by atoms with E-state index in [0.717, 1.165) is 12.1 Å². The highest BCUT2D eigenvalue weighted by molar-refractivity contribution is 6.03. The summed E-state index contributed by atoms with van der Waals surface area (Å²) < 4.78 is 26.1. The van der Waals surface area contributed by atoms with Crippen molar-refractivity contribution in [3.8, 4) is 6.07 Å². The molecule has 0 fully saturated rings. The molecule has 0 saturated carbocycles. The maximum absolute atomic E-state index is 13.2. The number of rotatable bonds is 4. The van der Waals surface area contributed by atoms with Gasteiger partial charge in [-0.05, 0) is 48.5 Å². The third-order valence-corrected chi connectivity index (χ3v) is 3.48. The SMILES string of the molecule is N#Cc1ccc(NC(=O)c2ccc(Nc3ccc(F)c(F)c3)cn2)cc1. The Morgan fingerprint density at radius 3 is 2.23 bits per heavy atom. The second-order valence-corrected chi connectivity index (χ2v) is 5.33. The van der Waals surface area contributed by atoms with Crippen LogP contribution in [0.3, 0.4) is 0 Å². The van der Waals surface area contributed by atoms with E-state index in [1.54, 1.807) is 30.3 Å². The molecular formula is C19H12F2N4O. The van der Waals surface area contributed by atoms with Gasteiger partial charge in [0.05, 0.1) is 23.5 Å². The number of hydrogen-bond donors (Lipinski definition) is 2. The molecule has 3 aromatic rings. The van der Waals surface area contributed by atoms with E-state index in [1.807, 2.05) is 6.07 Å². The summed E-state index contributed by atoms with van der Waals surface area (Å²) >= 11 is 0. The lowest BCUT2D eigenvalue weighted by atomic mass is 10.2. The molecule has 0 spiro atoms. The lowest BCUT2D eigenvalue weighted by Gasteiger charge is -2.08. The van der Waals surface area contributed by atoms with Gasteiger partial charge >= 0.3 is 0 Å². The first-order valence-corrected chi connectivity index (χ1v) is 7.55. The molecule has 0 atom stereocenters. The average Bonchev–Trinajstić information content (AvgIpc) is 2.66. The topological polar surface area (TPSA) is 77.8 Å². The number of amides is 1. The van der Waals surface area contributed by atoms with E-state index in [0.29, 0.717) is 22.6 Å². The van der Waals surface area contributed by atoms with Crippen LogP contribution >= 0.6 is 0 Å². The van der Waals surface area contributed by atoms with Crippen LogP contribution in [0.25, 0.3) is 0 Å². The highest BCUT2D eigenvalue weighted by atomic mass is 19.2. The largest absolute Gasteiger partial charge is 0.354 e. The first-order valence-electron chi connectivity index (χ1n) is 7.55. The second-order valence-electron chi connectivity index (χ2n) is 5.33.